The minimum Gasteiger partial charge on any atom is -0.327 e. The van der Waals surface area contributed by atoms with Crippen molar-refractivity contribution in [3.8, 4) is 0 Å². The molecule has 92 valence electrons. The summed E-state index contributed by atoms with van der Waals surface area (Å²) < 4.78 is 1.26. The molecular formula is C11H18BrClN2S. The molecule has 2 nitrogen and oxygen atoms in total. The van der Waals surface area contributed by atoms with Gasteiger partial charge >= 0.3 is 0 Å². The van der Waals surface area contributed by atoms with Crippen LogP contribution < -0.4 is 5.73 Å². The Bertz CT molecular complexity index is 323. The first-order valence-corrected chi connectivity index (χ1v) is 6.99. The summed E-state index contributed by atoms with van der Waals surface area (Å²) in [6.45, 7) is 5.45. The van der Waals surface area contributed by atoms with Crippen LogP contribution in [-0.4, -0.2) is 24.0 Å². The van der Waals surface area contributed by atoms with Crippen molar-refractivity contribution in [3.05, 3.63) is 20.3 Å². The quantitative estimate of drug-likeness (QED) is 0.905. The standard InChI is InChI=1S/C11H17BrN2S.ClH/c1-8-5-10(15-11(8)12)7-14-4-2-3-9(13)6-14;/h5,9H,2-4,6-7,13H2,1H3;1H. The van der Waals surface area contributed by atoms with Crippen LogP contribution in [0.5, 0.6) is 0 Å². The van der Waals surface area contributed by atoms with E-state index in [-0.39, 0.29) is 12.4 Å². The highest BCUT2D eigenvalue weighted by Gasteiger charge is 2.17. The van der Waals surface area contributed by atoms with Gasteiger partial charge in [0.15, 0.2) is 0 Å². The molecule has 0 saturated carbocycles. The summed E-state index contributed by atoms with van der Waals surface area (Å²) in [6, 6.07) is 2.65. The van der Waals surface area contributed by atoms with Gasteiger partial charge in [0.2, 0.25) is 0 Å². The fraction of sp³-hybridized carbons (Fsp3) is 0.636. The second kappa shape index (κ2) is 6.36. The lowest BCUT2D eigenvalue weighted by Gasteiger charge is -2.30. The zero-order chi connectivity index (χ0) is 10.8. The molecule has 1 saturated heterocycles. The molecule has 2 heterocycles. The summed E-state index contributed by atoms with van der Waals surface area (Å²) in [6.07, 6.45) is 2.43. The zero-order valence-corrected chi connectivity index (χ0v) is 12.6. The fourth-order valence-corrected chi connectivity index (χ4v) is 3.73. The van der Waals surface area contributed by atoms with Gasteiger partial charge in [0.05, 0.1) is 3.79 Å². The number of thiophene rings is 1. The number of aryl methyl sites for hydroxylation is 1. The molecule has 1 aromatic heterocycles. The number of hydrogen-bond acceptors (Lipinski definition) is 3. The van der Waals surface area contributed by atoms with E-state index in [9.17, 15) is 0 Å². The van der Waals surface area contributed by atoms with Crippen LogP contribution in [0.25, 0.3) is 0 Å². The molecule has 0 aromatic carbocycles. The number of piperidine rings is 1. The minimum absolute atomic E-state index is 0. The number of halogens is 2. The fourth-order valence-electron chi connectivity index (χ4n) is 2.06. The van der Waals surface area contributed by atoms with Crippen molar-refractivity contribution in [2.75, 3.05) is 13.1 Å². The van der Waals surface area contributed by atoms with Crippen LogP contribution in [0.1, 0.15) is 23.3 Å². The second-order valence-corrected chi connectivity index (χ2v) is 6.76. The van der Waals surface area contributed by atoms with Gasteiger partial charge in [-0.1, -0.05) is 0 Å². The van der Waals surface area contributed by atoms with Crippen LogP contribution >= 0.6 is 39.7 Å². The highest BCUT2D eigenvalue weighted by atomic mass is 79.9. The maximum Gasteiger partial charge on any atom is 0.0730 e. The van der Waals surface area contributed by atoms with Crippen molar-refractivity contribution < 1.29 is 0 Å². The molecular weight excluding hydrogens is 308 g/mol. The minimum atomic E-state index is 0. The van der Waals surface area contributed by atoms with Gasteiger partial charge in [-0.05, 0) is 53.9 Å². The zero-order valence-electron chi connectivity index (χ0n) is 9.41. The average Bonchev–Trinajstić information content (AvgIpc) is 2.45. The van der Waals surface area contributed by atoms with E-state index < -0.39 is 0 Å². The van der Waals surface area contributed by atoms with Crippen LogP contribution in [0.2, 0.25) is 0 Å². The molecule has 0 spiro atoms. The van der Waals surface area contributed by atoms with Crippen molar-refractivity contribution in [2.45, 2.75) is 32.4 Å². The molecule has 1 aliphatic rings. The third-order valence-corrected chi connectivity index (χ3v) is 4.95. The first-order valence-electron chi connectivity index (χ1n) is 5.38. The molecule has 1 fully saturated rings. The Labute approximate surface area is 116 Å². The van der Waals surface area contributed by atoms with Gasteiger partial charge in [0.1, 0.15) is 0 Å². The summed E-state index contributed by atoms with van der Waals surface area (Å²) in [7, 11) is 0. The lowest BCUT2D eigenvalue weighted by Crippen LogP contribution is -2.42. The van der Waals surface area contributed by atoms with Gasteiger partial charge < -0.3 is 5.73 Å². The molecule has 1 atom stereocenters. The van der Waals surface area contributed by atoms with Crippen molar-refractivity contribution in [3.63, 3.8) is 0 Å². The van der Waals surface area contributed by atoms with Crippen molar-refractivity contribution in [1.82, 2.24) is 4.90 Å². The average molecular weight is 326 g/mol. The number of hydrogen-bond donors (Lipinski definition) is 1. The summed E-state index contributed by atoms with van der Waals surface area (Å²) in [4.78, 5) is 3.90. The van der Waals surface area contributed by atoms with Gasteiger partial charge in [-0.3, -0.25) is 4.90 Å². The van der Waals surface area contributed by atoms with Gasteiger partial charge in [0.25, 0.3) is 0 Å². The third-order valence-electron chi connectivity index (χ3n) is 2.83. The van der Waals surface area contributed by atoms with E-state index in [1.807, 2.05) is 11.3 Å². The van der Waals surface area contributed by atoms with E-state index >= 15 is 0 Å². The summed E-state index contributed by atoms with van der Waals surface area (Å²) >= 11 is 5.41. The Morgan fingerprint density at radius 3 is 2.94 bits per heavy atom. The first-order chi connectivity index (χ1) is 7.15. The number of nitrogens with zero attached hydrogens (tertiary/aromatic N) is 1. The topological polar surface area (TPSA) is 29.3 Å². The van der Waals surface area contributed by atoms with Crippen LogP contribution in [0.3, 0.4) is 0 Å². The highest BCUT2D eigenvalue weighted by molar-refractivity contribution is 9.11. The molecule has 1 aliphatic heterocycles. The predicted molar refractivity (Wildman–Crippen MR) is 76.5 cm³/mol. The SMILES string of the molecule is Cc1cc(CN2CCCC(N)C2)sc1Br.Cl. The molecule has 0 aliphatic carbocycles. The second-order valence-electron chi connectivity index (χ2n) is 4.31. The van der Waals surface area contributed by atoms with Gasteiger partial charge in [-0.2, -0.15) is 0 Å². The first kappa shape index (κ1) is 14.5. The molecule has 2 rings (SSSR count). The number of likely N-dealkylation sites (tertiary alicyclic amines) is 1. The third kappa shape index (κ3) is 3.70. The van der Waals surface area contributed by atoms with Gasteiger partial charge in [-0.15, -0.1) is 23.7 Å². The van der Waals surface area contributed by atoms with Crippen molar-refractivity contribution in [1.29, 1.82) is 0 Å². The molecule has 16 heavy (non-hydrogen) atoms. The highest BCUT2D eigenvalue weighted by Crippen LogP contribution is 2.28. The lowest BCUT2D eigenvalue weighted by atomic mass is 10.1. The number of rotatable bonds is 2. The summed E-state index contributed by atoms with van der Waals surface area (Å²) in [5.74, 6) is 0. The maximum atomic E-state index is 5.97. The maximum absolute atomic E-state index is 5.97. The van der Waals surface area contributed by atoms with Crippen LogP contribution in [0, 0.1) is 6.92 Å². The van der Waals surface area contributed by atoms with E-state index in [4.69, 9.17) is 5.73 Å². The molecule has 2 N–H and O–H groups in total. The smallest absolute Gasteiger partial charge is 0.0730 e. The lowest BCUT2D eigenvalue weighted by molar-refractivity contribution is 0.203. The van der Waals surface area contributed by atoms with Crippen molar-refractivity contribution >= 4 is 39.7 Å². The van der Waals surface area contributed by atoms with E-state index in [0.717, 1.165) is 13.1 Å². The monoisotopic (exact) mass is 324 g/mol. The van der Waals surface area contributed by atoms with E-state index in [1.54, 1.807) is 0 Å². The molecule has 1 aromatic rings. The largest absolute Gasteiger partial charge is 0.327 e. The van der Waals surface area contributed by atoms with E-state index in [0.29, 0.717) is 6.04 Å². The Hall–Kier alpha value is 0.390. The molecule has 0 bridgehead atoms. The predicted octanol–water partition coefficient (Wildman–Crippen LogP) is 3.16. The van der Waals surface area contributed by atoms with E-state index in [2.05, 4.69) is 33.8 Å². The molecule has 0 amide bonds. The Morgan fingerprint density at radius 1 is 1.62 bits per heavy atom. The van der Waals surface area contributed by atoms with Crippen LogP contribution in [-0.2, 0) is 6.54 Å². The Morgan fingerprint density at radius 2 is 2.38 bits per heavy atom. The van der Waals surface area contributed by atoms with Gasteiger partial charge in [0, 0.05) is 24.0 Å². The van der Waals surface area contributed by atoms with Gasteiger partial charge in [-0.25, -0.2) is 0 Å². The Kier molecular flexibility index (Phi) is 5.74. The van der Waals surface area contributed by atoms with E-state index in [1.165, 1.54) is 33.6 Å². The summed E-state index contributed by atoms with van der Waals surface area (Å²) in [5.41, 5.74) is 7.31. The Balaban J connectivity index is 0.00000128. The molecule has 5 heteroatoms. The van der Waals surface area contributed by atoms with Crippen LogP contribution in [0.15, 0.2) is 9.85 Å². The summed E-state index contributed by atoms with van der Waals surface area (Å²) in [5, 5.41) is 0. The normalized spacial score (nSPS) is 21.8. The van der Waals surface area contributed by atoms with Crippen molar-refractivity contribution in [2.24, 2.45) is 5.73 Å². The van der Waals surface area contributed by atoms with Crippen LogP contribution in [0.4, 0.5) is 0 Å². The number of nitrogens with two attached hydrogens (primary N) is 1. The molecule has 0 radical (unpaired) electrons. The molecule has 1 unspecified atom stereocenters.